The molecule has 2 aromatic rings. The van der Waals surface area contributed by atoms with Gasteiger partial charge in [-0.15, -0.1) is 0 Å². The number of halogens is 4. The van der Waals surface area contributed by atoms with Gasteiger partial charge in [0, 0.05) is 43.6 Å². The number of allylic oxidation sites excluding steroid dienone is 4. The number of fused-ring (bicyclic) bond motifs is 2. The molecule has 0 amide bonds. The Bertz CT molecular complexity index is 1740. The molecule has 3 fully saturated rings. The predicted octanol–water partition coefficient (Wildman–Crippen LogP) is 13.0. The summed E-state index contributed by atoms with van der Waals surface area (Å²) in [5.41, 5.74) is 2.48. The standard InChI is InChI=1S/C27H41BO5.C23H34O5.C4H11BO2.CHI3.CH2I.V/c1-2-3-19-28-32-25-20-26(33-28)24(23(25)13-9-4-5-10-14-27(30)31)18-17-22(29)16-15-21-11-7-6-8-12-21;24-18(13-12-17-8-4-3-5-9-17)14-15-20-19(21(25)16-22(20)26)10-6-1-2-7-11-23(27)28;1-2-3-4-5(6)7;2-1(3)4;1-2;/h4,6-9,11-12,22-26,29H,2-3,5,10,13-20H2,1H3,(H,30,31);1,3-6,8-9,18-22,24-26H,2,7,10-16H2,(H,27,28);6-7H,2-4H2,1H3;1H;1H2;/q;;;;-1;/b9-4-;6-1-;;;;/t22-,23+,24+,25-,26+;18-,19+,20+,21-,22+;;;;/m00..../s1. The maximum absolute atomic E-state index is 10.7. The Morgan fingerprint density at radius 1 is 0.653 bits per heavy atom. The quantitative estimate of drug-likeness (QED) is 0.00916. The third kappa shape index (κ3) is 37.0. The van der Waals surface area contributed by atoms with Gasteiger partial charge < -0.3 is 72.6 Å². The van der Waals surface area contributed by atoms with Crippen molar-refractivity contribution < 1.29 is 78.1 Å². The molecule has 1 aliphatic heterocycles. The van der Waals surface area contributed by atoms with Crippen molar-refractivity contribution in [3.05, 3.63) is 101 Å². The Kier molecular flexibility index (Phi) is 47.9. The van der Waals surface area contributed by atoms with Gasteiger partial charge in [0.1, 0.15) is -0.0619 Å². The Labute approximate surface area is 518 Å². The van der Waals surface area contributed by atoms with Gasteiger partial charge in [-0.05, 0) is 150 Å². The Hall–Kier alpha value is 0.174. The monoisotopic (exact) mass is 1530 g/mol. The van der Waals surface area contributed by atoms with Crippen molar-refractivity contribution >= 4 is 117 Å². The number of carboxylic acids is 2. The van der Waals surface area contributed by atoms with E-state index in [1.807, 2.05) is 78.1 Å². The molecule has 12 nitrogen and oxygen atoms in total. The van der Waals surface area contributed by atoms with Crippen LogP contribution in [-0.2, 0) is 50.3 Å². The Morgan fingerprint density at radius 3 is 1.51 bits per heavy atom. The summed E-state index contributed by atoms with van der Waals surface area (Å²) in [4.78, 5) is 24.4. The van der Waals surface area contributed by atoms with Gasteiger partial charge in [0.25, 0.3) is 0 Å². The van der Waals surface area contributed by atoms with E-state index in [1.165, 1.54) is 11.1 Å². The third-order valence-corrected chi connectivity index (χ3v) is 13.8. The number of aliphatic hydroxyl groups is 4. The maximum Gasteiger partial charge on any atom is 0.457 e. The molecule has 2 aromatic carbocycles. The number of hydrogen-bond donors (Lipinski definition) is 8. The van der Waals surface area contributed by atoms with E-state index in [4.69, 9.17) is 29.6 Å². The number of carbonyl (C=O) groups is 2. The molecule has 75 heavy (non-hydrogen) atoms. The third-order valence-electron chi connectivity index (χ3n) is 13.8. The molecule has 425 valence electrons. The van der Waals surface area contributed by atoms with E-state index in [-0.39, 0.29) is 68.7 Å². The summed E-state index contributed by atoms with van der Waals surface area (Å²) >= 11 is 8.85. The second-order valence-electron chi connectivity index (χ2n) is 19.5. The minimum atomic E-state index is -1.10. The van der Waals surface area contributed by atoms with Crippen LogP contribution in [0.1, 0.15) is 153 Å². The van der Waals surface area contributed by atoms with E-state index in [0.29, 0.717) is 69.5 Å². The zero-order chi connectivity index (χ0) is 55.1. The van der Waals surface area contributed by atoms with E-state index in [2.05, 4.69) is 116 Å². The number of unbranched alkanes of at least 4 members (excludes halogenated alkanes) is 4. The first-order valence-corrected chi connectivity index (χ1v) is 32.2. The van der Waals surface area contributed by atoms with Gasteiger partial charge in [-0.2, -0.15) is 0 Å². The van der Waals surface area contributed by atoms with Crippen LogP contribution < -0.4 is 0 Å². The van der Waals surface area contributed by atoms with Crippen molar-refractivity contribution in [1.82, 2.24) is 0 Å². The first kappa shape index (κ1) is 75.2. The average molecular weight is 1530 g/mol. The van der Waals surface area contributed by atoms with E-state index in [9.17, 15) is 30.0 Å². The molecule has 0 spiro atoms. The fourth-order valence-electron chi connectivity index (χ4n) is 9.89. The number of alkyl halides is 3. The molecule has 10 atom stereocenters. The Morgan fingerprint density at radius 2 is 1.08 bits per heavy atom. The number of hydrogen-bond acceptors (Lipinski definition) is 10. The molecule has 3 aliphatic rings. The summed E-state index contributed by atoms with van der Waals surface area (Å²) in [6.45, 7) is 4.21. The van der Waals surface area contributed by atoms with Crippen LogP contribution in [0.3, 0.4) is 0 Å². The van der Waals surface area contributed by atoms with Crippen molar-refractivity contribution in [2.24, 2.45) is 23.7 Å². The summed E-state index contributed by atoms with van der Waals surface area (Å²) in [5.74, 6) is -0.733. The summed E-state index contributed by atoms with van der Waals surface area (Å²) < 4.78 is 13.5. The number of benzene rings is 2. The van der Waals surface area contributed by atoms with Crippen LogP contribution in [-0.4, -0.2) is 103 Å². The van der Waals surface area contributed by atoms with Crippen LogP contribution in [0.4, 0.5) is 0 Å². The van der Waals surface area contributed by atoms with Crippen molar-refractivity contribution in [2.45, 2.75) is 204 Å². The first-order chi connectivity index (χ1) is 35.5. The van der Waals surface area contributed by atoms with Gasteiger partial charge in [-0.3, -0.25) is 14.5 Å². The molecular weight excluding hydrogens is 1440 g/mol. The second-order valence-corrected chi connectivity index (χ2v) is 30.4. The minimum Gasteiger partial charge on any atom is -0.481 e. The summed E-state index contributed by atoms with van der Waals surface area (Å²) in [7, 11) is -1.19. The smallest absolute Gasteiger partial charge is 0.457 e. The van der Waals surface area contributed by atoms with Crippen LogP contribution in [0.2, 0.25) is 12.6 Å². The number of rotatable bonds is 30. The number of aryl methyl sites for hydroxylation is 2. The summed E-state index contributed by atoms with van der Waals surface area (Å²) in [6, 6.07) is 20.4. The predicted molar refractivity (Wildman–Crippen MR) is 336 cm³/mol. The SMILES string of the molecule is CCCCB(O)O.CCCCB1O[C@H]2C[C@@H](O1)[C@H](CC[C@@H](O)CCc1ccccc1)[C@H]2C/C=C\CCCC(=O)O.IC(I)I.O=C(O)CCC/C=C\C[C@@H]1[C@@H](CC[C@@H](O)CCc2ccccc2)[C@H](O)C[C@@H]1O.[CH2-]I.[V]. The van der Waals surface area contributed by atoms with Crippen LogP contribution in [0.5, 0.6) is 0 Å². The zero-order valence-electron chi connectivity index (χ0n) is 44.4. The first-order valence-electron chi connectivity index (χ1n) is 26.9. The largest absolute Gasteiger partial charge is 0.481 e. The molecule has 1 radical (unpaired) electrons. The normalized spacial score (nSPS) is 22.3. The molecule has 2 bridgehead atoms. The molecule has 1 heterocycles. The van der Waals surface area contributed by atoms with Crippen molar-refractivity contribution in [3.8, 4) is 0 Å². The fraction of sp³-hybridized carbons (Fsp3) is 0.661. The molecular formula is C56H89B2I4O12V-. The molecule has 0 aromatic heterocycles. The van der Waals surface area contributed by atoms with Gasteiger partial charge in [-0.25, -0.2) is 0 Å². The van der Waals surface area contributed by atoms with E-state index in [0.717, 1.165) is 83.3 Å². The van der Waals surface area contributed by atoms with Gasteiger partial charge in [0.2, 0.25) is 0 Å². The molecule has 2 saturated carbocycles. The fourth-order valence-corrected chi connectivity index (χ4v) is 9.89. The van der Waals surface area contributed by atoms with Crippen molar-refractivity contribution in [1.29, 1.82) is 0 Å². The van der Waals surface area contributed by atoms with Crippen LogP contribution in [0.25, 0.3) is 0 Å². The zero-order valence-corrected chi connectivity index (χ0v) is 54.5. The van der Waals surface area contributed by atoms with E-state index < -0.39 is 37.4 Å². The van der Waals surface area contributed by atoms with Crippen molar-refractivity contribution in [3.63, 3.8) is 0 Å². The van der Waals surface area contributed by atoms with E-state index in [1.54, 1.807) is 0 Å². The molecule has 5 rings (SSSR count). The maximum atomic E-state index is 10.7. The Balaban J connectivity index is 0.00000118. The van der Waals surface area contributed by atoms with Crippen LogP contribution in [0.15, 0.2) is 85.0 Å². The number of aliphatic hydroxyl groups excluding tert-OH is 4. The molecule has 19 heteroatoms. The van der Waals surface area contributed by atoms with Gasteiger partial charge in [-0.1, -0.05) is 192 Å². The minimum absolute atomic E-state index is 0. The average Bonchev–Trinajstić information content (AvgIpc) is 3.79. The summed E-state index contributed by atoms with van der Waals surface area (Å²) in [6.07, 6.45) is 25.0. The van der Waals surface area contributed by atoms with Crippen molar-refractivity contribution in [2.75, 3.05) is 0 Å². The van der Waals surface area contributed by atoms with E-state index >= 15 is 0 Å². The van der Waals surface area contributed by atoms with Gasteiger partial charge in [0.05, 0.1) is 24.4 Å². The second kappa shape index (κ2) is 47.8. The molecule has 0 unspecified atom stereocenters. The summed E-state index contributed by atoms with van der Waals surface area (Å²) in [5, 5.41) is 75.5. The van der Waals surface area contributed by atoms with Crippen LogP contribution >= 0.6 is 90.4 Å². The van der Waals surface area contributed by atoms with Gasteiger partial charge >= 0.3 is 26.2 Å². The van der Waals surface area contributed by atoms with Crippen LogP contribution in [0, 0.1) is 28.6 Å². The molecule has 2 aliphatic carbocycles. The number of aliphatic carboxylic acids is 2. The molecule has 1 saturated heterocycles. The number of carboxylic acid groups (broad SMARTS) is 2. The molecule has 8 N–H and O–H groups in total. The topological polar surface area (TPSA) is 214 Å². The van der Waals surface area contributed by atoms with Gasteiger partial charge in [0.15, 0.2) is 0 Å².